The molecule has 1 fully saturated rings. The van der Waals surface area contributed by atoms with E-state index in [2.05, 4.69) is 10.2 Å². The second-order valence-electron chi connectivity index (χ2n) is 6.88. The first kappa shape index (κ1) is 20.9. The summed E-state index contributed by atoms with van der Waals surface area (Å²) >= 11 is 0. The van der Waals surface area contributed by atoms with E-state index in [0.29, 0.717) is 11.4 Å². The quantitative estimate of drug-likeness (QED) is 0.471. The molecule has 0 aromatic carbocycles. The first-order valence-electron chi connectivity index (χ1n) is 9.06. The standard InChI is InChI=1S/C16H23N7O5S/c1-12-10-15(23(25)26)18-22(12)5-4-16(24)20-6-8-21(9-7-20)29(27,28)14-11-17-19(3)13(14)2/h10-11H,4-9H2,1-3H3. The minimum atomic E-state index is -3.65. The molecule has 1 aliphatic rings. The maximum absolute atomic E-state index is 12.8. The zero-order valence-electron chi connectivity index (χ0n) is 16.5. The van der Waals surface area contributed by atoms with E-state index in [9.17, 15) is 23.3 Å². The topological polar surface area (TPSA) is 136 Å². The Morgan fingerprint density at radius 3 is 2.41 bits per heavy atom. The summed E-state index contributed by atoms with van der Waals surface area (Å²) in [5.41, 5.74) is 1.17. The summed E-state index contributed by atoms with van der Waals surface area (Å²) in [6, 6.07) is 1.36. The third kappa shape index (κ3) is 4.15. The minimum Gasteiger partial charge on any atom is -0.358 e. The highest BCUT2D eigenvalue weighted by molar-refractivity contribution is 7.89. The third-order valence-electron chi connectivity index (χ3n) is 5.09. The highest BCUT2D eigenvalue weighted by atomic mass is 32.2. The largest absolute Gasteiger partial charge is 0.390 e. The molecule has 1 aliphatic heterocycles. The lowest BCUT2D eigenvalue weighted by atomic mass is 10.3. The zero-order chi connectivity index (χ0) is 21.3. The van der Waals surface area contributed by atoms with Crippen LogP contribution >= 0.6 is 0 Å². The first-order chi connectivity index (χ1) is 13.6. The lowest BCUT2D eigenvalue weighted by Gasteiger charge is -2.34. The maximum Gasteiger partial charge on any atom is 0.390 e. The van der Waals surface area contributed by atoms with Crippen LogP contribution in [0.5, 0.6) is 0 Å². The average molecular weight is 425 g/mol. The molecule has 0 atom stereocenters. The molecule has 0 saturated carbocycles. The Bertz CT molecular complexity index is 1030. The van der Waals surface area contributed by atoms with Crippen LogP contribution < -0.4 is 0 Å². The van der Waals surface area contributed by atoms with Crippen molar-refractivity contribution in [2.24, 2.45) is 7.05 Å². The number of amides is 1. The number of piperazine rings is 1. The number of aryl methyl sites for hydroxylation is 3. The van der Waals surface area contributed by atoms with Crippen LogP contribution in [0.3, 0.4) is 0 Å². The Labute approximate surface area is 167 Å². The molecule has 0 aliphatic carbocycles. The highest BCUT2D eigenvalue weighted by Crippen LogP contribution is 2.20. The average Bonchev–Trinajstić information content (AvgIpc) is 3.22. The summed E-state index contributed by atoms with van der Waals surface area (Å²) in [6.07, 6.45) is 1.47. The van der Waals surface area contributed by atoms with Crippen LogP contribution in [0.15, 0.2) is 17.2 Å². The van der Waals surface area contributed by atoms with Crippen molar-refractivity contribution in [1.29, 1.82) is 0 Å². The van der Waals surface area contributed by atoms with E-state index in [4.69, 9.17) is 0 Å². The van der Waals surface area contributed by atoms with E-state index in [1.165, 1.54) is 25.9 Å². The van der Waals surface area contributed by atoms with Gasteiger partial charge in [0.25, 0.3) is 0 Å². The van der Waals surface area contributed by atoms with Crippen molar-refractivity contribution in [3.8, 4) is 0 Å². The van der Waals surface area contributed by atoms with Crippen LogP contribution in [0.4, 0.5) is 5.82 Å². The molecule has 29 heavy (non-hydrogen) atoms. The van der Waals surface area contributed by atoms with Crippen LogP contribution in [-0.4, -0.2) is 74.2 Å². The molecule has 158 valence electrons. The van der Waals surface area contributed by atoms with Gasteiger partial charge in [0.15, 0.2) is 0 Å². The van der Waals surface area contributed by atoms with E-state index in [0.717, 1.165) is 0 Å². The lowest BCUT2D eigenvalue weighted by Crippen LogP contribution is -2.50. The molecule has 2 aromatic heterocycles. The molecule has 1 amide bonds. The second-order valence-corrected chi connectivity index (χ2v) is 8.78. The molecule has 3 heterocycles. The van der Waals surface area contributed by atoms with E-state index in [1.807, 2.05) is 0 Å². The van der Waals surface area contributed by atoms with E-state index < -0.39 is 14.9 Å². The van der Waals surface area contributed by atoms with Gasteiger partial charge in [-0.05, 0) is 18.8 Å². The SMILES string of the molecule is Cc1c(S(=O)(=O)N2CCN(C(=O)CCn3nc([N+](=O)[O-])cc3C)CC2)cnn1C. The molecular formula is C16H23N7O5S. The first-order valence-corrected chi connectivity index (χ1v) is 10.5. The van der Waals surface area contributed by atoms with Gasteiger partial charge in [0, 0.05) is 39.6 Å². The number of sulfonamides is 1. The number of rotatable bonds is 6. The van der Waals surface area contributed by atoms with Crippen molar-refractivity contribution in [1.82, 2.24) is 28.8 Å². The number of carbonyl (C=O) groups is 1. The van der Waals surface area contributed by atoms with Gasteiger partial charge >= 0.3 is 5.82 Å². The fraction of sp³-hybridized carbons (Fsp3) is 0.562. The van der Waals surface area contributed by atoms with Gasteiger partial charge in [0.2, 0.25) is 15.9 Å². The normalized spacial score (nSPS) is 15.6. The van der Waals surface area contributed by atoms with Gasteiger partial charge in [-0.2, -0.15) is 14.1 Å². The van der Waals surface area contributed by atoms with Crippen LogP contribution in [0.1, 0.15) is 17.8 Å². The van der Waals surface area contributed by atoms with Crippen molar-refractivity contribution >= 4 is 21.7 Å². The fourth-order valence-electron chi connectivity index (χ4n) is 3.22. The fourth-order valence-corrected chi connectivity index (χ4v) is 4.82. The minimum absolute atomic E-state index is 0.133. The van der Waals surface area contributed by atoms with Crippen molar-refractivity contribution in [2.45, 2.75) is 31.7 Å². The predicted molar refractivity (Wildman–Crippen MR) is 102 cm³/mol. The summed E-state index contributed by atoms with van der Waals surface area (Å²) in [6.45, 7) is 4.59. The Morgan fingerprint density at radius 2 is 1.90 bits per heavy atom. The molecule has 0 bridgehead atoms. The number of carbonyl (C=O) groups excluding carboxylic acids is 1. The Morgan fingerprint density at radius 1 is 1.24 bits per heavy atom. The van der Waals surface area contributed by atoms with Crippen LogP contribution in [0.25, 0.3) is 0 Å². The van der Waals surface area contributed by atoms with Gasteiger partial charge in [-0.15, -0.1) is 0 Å². The van der Waals surface area contributed by atoms with Gasteiger partial charge in [0.1, 0.15) is 4.90 Å². The van der Waals surface area contributed by atoms with Crippen LogP contribution in [0.2, 0.25) is 0 Å². The molecular weight excluding hydrogens is 402 g/mol. The molecule has 13 heteroatoms. The zero-order valence-corrected chi connectivity index (χ0v) is 17.3. The molecule has 0 N–H and O–H groups in total. The second kappa shape index (κ2) is 7.91. The number of aromatic nitrogens is 4. The molecule has 1 saturated heterocycles. The van der Waals surface area contributed by atoms with Gasteiger partial charge in [0.05, 0.1) is 35.3 Å². The van der Waals surface area contributed by atoms with E-state index in [-0.39, 0.29) is 55.8 Å². The molecule has 2 aromatic rings. The number of hydrogen-bond donors (Lipinski definition) is 0. The van der Waals surface area contributed by atoms with Crippen molar-refractivity contribution < 1.29 is 18.1 Å². The number of hydrogen-bond acceptors (Lipinski definition) is 7. The Kier molecular flexibility index (Phi) is 5.71. The maximum atomic E-state index is 12.8. The molecule has 0 unspecified atom stereocenters. The summed E-state index contributed by atoms with van der Waals surface area (Å²) < 4.78 is 29.9. The Hall–Kier alpha value is -2.80. The molecule has 12 nitrogen and oxygen atoms in total. The van der Waals surface area contributed by atoms with Gasteiger partial charge in [-0.3, -0.25) is 9.48 Å². The summed E-state index contributed by atoms with van der Waals surface area (Å²) in [7, 11) is -1.97. The van der Waals surface area contributed by atoms with Gasteiger partial charge in [-0.25, -0.2) is 8.42 Å². The summed E-state index contributed by atoms with van der Waals surface area (Å²) in [4.78, 5) is 24.5. The van der Waals surface area contributed by atoms with Crippen molar-refractivity contribution in [2.75, 3.05) is 26.2 Å². The lowest BCUT2D eigenvalue weighted by molar-refractivity contribution is -0.389. The third-order valence-corrected chi connectivity index (χ3v) is 7.09. The number of nitro groups is 1. The number of nitrogens with zero attached hydrogens (tertiary/aromatic N) is 7. The Balaban J connectivity index is 1.57. The van der Waals surface area contributed by atoms with E-state index >= 15 is 0 Å². The molecule has 0 spiro atoms. The van der Waals surface area contributed by atoms with Crippen LogP contribution in [-0.2, 0) is 28.4 Å². The predicted octanol–water partition coefficient (Wildman–Crippen LogP) is 0.0648. The van der Waals surface area contributed by atoms with E-state index in [1.54, 1.807) is 25.8 Å². The van der Waals surface area contributed by atoms with Crippen molar-refractivity contribution in [3.63, 3.8) is 0 Å². The molecule has 0 radical (unpaired) electrons. The summed E-state index contributed by atoms with van der Waals surface area (Å²) in [5.74, 6) is -0.392. The van der Waals surface area contributed by atoms with Crippen LogP contribution in [0, 0.1) is 24.0 Å². The monoisotopic (exact) mass is 425 g/mol. The summed E-state index contributed by atoms with van der Waals surface area (Å²) in [5, 5.41) is 18.6. The smallest absolute Gasteiger partial charge is 0.358 e. The van der Waals surface area contributed by atoms with Gasteiger partial charge in [-0.1, -0.05) is 0 Å². The van der Waals surface area contributed by atoms with Gasteiger partial charge < -0.3 is 15.0 Å². The molecule has 3 rings (SSSR count). The van der Waals surface area contributed by atoms with Crippen molar-refractivity contribution in [3.05, 3.63) is 33.8 Å². The highest BCUT2D eigenvalue weighted by Gasteiger charge is 2.32.